The molecule has 0 spiro atoms. The topological polar surface area (TPSA) is 102 Å². The summed E-state index contributed by atoms with van der Waals surface area (Å²) in [6.07, 6.45) is 0. The van der Waals surface area contributed by atoms with Crippen molar-refractivity contribution in [1.82, 2.24) is 15.1 Å². The molecule has 0 aliphatic carbocycles. The van der Waals surface area contributed by atoms with Gasteiger partial charge in [0, 0.05) is 13.6 Å². The van der Waals surface area contributed by atoms with E-state index in [0.717, 1.165) is 5.56 Å². The molecule has 1 aromatic heterocycles. The maximum absolute atomic E-state index is 12.1. The second-order valence-corrected chi connectivity index (χ2v) is 5.23. The van der Waals surface area contributed by atoms with Crippen molar-refractivity contribution >= 4 is 17.4 Å². The Hall–Kier alpha value is -2.90. The summed E-state index contributed by atoms with van der Waals surface area (Å²) in [5, 5.41) is 20.8. The fraction of sp³-hybridized carbons (Fsp3) is 0.333. The number of nitrogens with one attached hydrogen (secondary N) is 2. The molecule has 1 atom stereocenters. The Morgan fingerprint density at radius 2 is 2.04 bits per heavy atom. The third-order valence-corrected chi connectivity index (χ3v) is 3.43. The SMILES string of the molecule is Cc1nn(C)c(NC(C)C(=O)NCc2ccccc2)c1[N+](=O)[O-]. The van der Waals surface area contributed by atoms with Crippen molar-refractivity contribution in [2.24, 2.45) is 7.05 Å². The number of hydrogen-bond donors (Lipinski definition) is 2. The van der Waals surface area contributed by atoms with Crippen molar-refractivity contribution in [3.63, 3.8) is 0 Å². The molecule has 0 saturated carbocycles. The van der Waals surface area contributed by atoms with E-state index in [9.17, 15) is 14.9 Å². The molecular formula is C15H19N5O3. The lowest BCUT2D eigenvalue weighted by Gasteiger charge is -2.15. The van der Waals surface area contributed by atoms with Gasteiger partial charge >= 0.3 is 5.69 Å². The van der Waals surface area contributed by atoms with E-state index in [-0.39, 0.29) is 17.4 Å². The third kappa shape index (κ3) is 3.85. The molecule has 1 heterocycles. The summed E-state index contributed by atoms with van der Waals surface area (Å²) in [4.78, 5) is 22.8. The highest BCUT2D eigenvalue weighted by molar-refractivity contribution is 5.84. The quantitative estimate of drug-likeness (QED) is 0.624. The van der Waals surface area contributed by atoms with Gasteiger partial charge in [0.25, 0.3) is 0 Å². The largest absolute Gasteiger partial charge is 0.353 e. The molecule has 122 valence electrons. The van der Waals surface area contributed by atoms with Gasteiger partial charge in [-0.1, -0.05) is 30.3 Å². The average molecular weight is 317 g/mol. The molecule has 0 radical (unpaired) electrons. The number of aryl methyl sites for hydroxylation is 2. The molecule has 2 rings (SSSR count). The highest BCUT2D eigenvalue weighted by Gasteiger charge is 2.26. The molecule has 0 aliphatic heterocycles. The zero-order valence-corrected chi connectivity index (χ0v) is 13.2. The number of nitrogens with zero attached hydrogens (tertiary/aromatic N) is 3. The van der Waals surface area contributed by atoms with Gasteiger partial charge < -0.3 is 10.6 Å². The van der Waals surface area contributed by atoms with Crippen LogP contribution in [-0.4, -0.2) is 26.7 Å². The lowest BCUT2D eigenvalue weighted by Crippen LogP contribution is -2.37. The predicted molar refractivity (Wildman–Crippen MR) is 86.0 cm³/mol. The lowest BCUT2D eigenvalue weighted by molar-refractivity contribution is -0.384. The van der Waals surface area contributed by atoms with Crippen LogP contribution in [0.5, 0.6) is 0 Å². The van der Waals surface area contributed by atoms with E-state index in [2.05, 4.69) is 15.7 Å². The van der Waals surface area contributed by atoms with Crippen molar-refractivity contribution in [2.75, 3.05) is 5.32 Å². The molecule has 8 nitrogen and oxygen atoms in total. The summed E-state index contributed by atoms with van der Waals surface area (Å²) in [7, 11) is 1.59. The fourth-order valence-electron chi connectivity index (χ4n) is 2.24. The molecule has 0 fully saturated rings. The van der Waals surface area contributed by atoms with Crippen LogP contribution in [0, 0.1) is 17.0 Å². The number of carbonyl (C=O) groups excluding carboxylic acids is 1. The van der Waals surface area contributed by atoms with Crippen molar-refractivity contribution in [2.45, 2.75) is 26.4 Å². The maximum atomic E-state index is 12.1. The van der Waals surface area contributed by atoms with Gasteiger partial charge in [-0.15, -0.1) is 0 Å². The van der Waals surface area contributed by atoms with Crippen molar-refractivity contribution in [3.8, 4) is 0 Å². The Kier molecular flexibility index (Phi) is 4.95. The van der Waals surface area contributed by atoms with Crippen LogP contribution >= 0.6 is 0 Å². The number of amides is 1. The number of rotatable bonds is 6. The second kappa shape index (κ2) is 6.91. The smallest absolute Gasteiger partial charge is 0.333 e. The number of carbonyl (C=O) groups is 1. The Morgan fingerprint density at radius 1 is 1.39 bits per heavy atom. The zero-order chi connectivity index (χ0) is 17.0. The number of benzene rings is 1. The van der Waals surface area contributed by atoms with Crippen LogP contribution in [0.3, 0.4) is 0 Å². The van der Waals surface area contributed by atoms with Crippen molar-refractivity contribution in [3.05, 3.63) is 51.7 Å². The van der Waals surface area contributed by atoms with E-state index < -0.39 is 11.0 Å². The third-order valence-electron chi connectivity index (χ3n) is 3.43. The van der Waals surface area contributed by atoms with E-state index >= 15 is 0 Å². The van der Waals surface area contributed by atoms with Crippen LogP contribution in [0.4, 0.5) is 11.5 Å². The minimum absolute atomic E-state index is 0.116. The fourth-order valence-corrected chi connectivity index (χ4v) is 2.24. The van der Waals surface area contributed by atoms with Gasteiger partial charge in [-0.2, -0.15) is 5.10 Å². The molecule has 23 heavy (non-hydrogen) atoms. The Labute approximate surface area is 133 Å². The van der Waals surface area contributed by atoms with E-state index in [1.807, 2.05) is 30.3 Å². The van der Waals surface area contributed by atoms with E-state index in [4.69, 9.17) is 0 Å². The van der Waals surface area contributed by atoms with Crippen LogP contribution in [0.1, 0.15) is 18.2 Å². The highest BCUT2D eigenvalue weighted by Crippen LogP contribution is 2.27. The number of hydrogen-bond acceptors (Lipinski definition) is 5. The minimum atomic E-state index is -0.632. The van der Waals surface area contributed by atoms with Gasteiger partial charge in [0.2, 0.25) is 11.7 Å². The summed E-state index contributed by atoms with van der Waals surface area (Å²) in [5.74, 6) is -0.0307. The first-order chi connectivity index (χ1) is 10.9. The molecule has 8 heteroatoms. The summed E-state index contributed by atoms with van der Waals surface area (Å²) in [6, 6.07) is 8.88. The van der Waals surface area contributed by atoms with E-state index in [1.165, 1.54) is 4.68 Å². The molecule has 2 aromatic rings. The zero-order valence-electron chi connectivity index (χ0n) is 13.2. The summed E-state index contributed by atoms with van der Waals surface area (Å²) in [5.41, 5.74) is 1.17. The molecule has 1 unspecified atom stereocenters. The van der Waals surface area contributed by atoms with Crippen LogP contribution in [0.15, 0.2) is 30.3 Å². The highest BCUT2D eigenvalue weighted by atomic mass is 16.6. The summed E-state index contributed by atoms with van der Waals surface area (Å²) < 4.78 is 1.37. The first-order valence-electron chi connectivity index (χ1n) is 7.16. The standard InChI is InChI=1S/C15H19N5O3/c1-10-13(20(22)23)14(19(3)18-10)17-11(2)15(21)16-9-12-7-5-4-6-8-12/h4-8,11,17H,9H2,1-3H3,(H,16,21). The number of aromatic nitrogens is 2. The first-order valence-corrected chi connectivity index (χ1v) is 7.16. The molecule has 1 amide bonds. The van der Waals surface area contributed by atoms with Crippen LogP contribution in [0.25, 0.3) is 0 Å². The van der Waals surface area contributed by atoms with Crippen molar-refractivity contribution in [1.29, 1.82) is 0 Å². The Morgan fingerprint density at radius 3 is 2.65 bits per heavy atom. The normalized spacial score (nSPS) is 11.8. The van der Waals surface area contributed by atoms with Crippen LogP contribution in [0.2, 0.25) is 0 Å². The Bertz CT molecular complexity index is 711. The van der Waals surface area contributed by atoms with Gasteiger partial charge in [-0.25, -0.2) is 4.68 Å². The lowest BCUT2D eigenvalue weighted by atomic mass is 10.2. The summed E-state index contributed by atoms with van der Waals surface area (Å²) >= 11 is 0. The van der Waals surface area contributed by atoms with Gasteiger partial charge in [0.1, 0.15) is 11.7 Å². The number of anilines is 1. The van der Waals surface area contributed by atoms with Gasteiger partial charge in [-0.3, -0.25) is 14.9 Å². The first kappa shape index (κ1) is 16.5. The second-order valence-electron chi connectivity index (χ2n) is 5.23. The average Bonchev–Trinajstić information content (AvgIpc) is 2.79. The van der Waals surface area contributed by atoms with Crippen molar-refractivity contribution < 1.29 is 9.72 Å². The minimum Gasteiger partial charge on any atom is -0.353 e. The monoisotopic (exact) mass is 317 g/mol. The van der Waals surface area contributed by atoms with Gasteiger partial charge in [-0.05, 0) is 19.4 Å². The van der Waals surface area contributed by atoms with Gasteiger partial charge in [0.15, 0.2) is 0 Å². The van der Waals surface area contributed by atoms with E-state index in [0.29, 0.717) is 12.2 Å². The summed E-state index contributed by atoms with van der Waals surface area (Å²) in [6.45, 7) is 3.61. The molecule has 2 N–H and O–H groups in total. The van der Waals surface area contributed by atoms with Crippen LogP contribution in [-0.2, 0) is 18.4 Å². The van der Waals surface area contributed by atoms with Gasteiger partial charge in [0.05, 0.1) is 4.92 Å². The molecule has 1 aromatic carbocycles. The number of nitro groups is 1. The predicted octanol–water partition coefficient (Wildman–Crippen LogP) is 1.75. The molecular weight excluding hydrogens is 298 g/mol. The van der Waals surface area contributed by atoms with E-state index in [1.54, 1.807) is 20.9 Å². The van der Waals surface area contributed by atoms with Crippen LogP contribution < -0.4 is 10.6 Å². The maximum Gasteiger partial charge on any atom is 0.333 e. The molecule has 0 aliphatic rings. The molecule has 0 saturated heterocycles. The molecule has 0 bridgehead atoms. The Balaban J connectivity index is 2.03.